The molecular formula is C20H21N3O5. The number of aromatic nitrogens is 2. The van der Waals surface area contributed by atoms with Crippen molar-refractivity contribution in [2.45, 2.75) is 26.2 Å². The van der Waals surface area contributed by atoms with Crippen LogP contribution in [0.3, 0.4) is 0 Å². The van der Waals surface area contributed by atoms with Crippen molar-refractivity contribution in [1.29, 1.82) is 0 Å². The number of aliphatic carboxylic acids is 1. The van der Waals surface area contributed by atoms with Gasteiger partial charge in [0.15, 0.2) is 5.76 Å². The first-order valence-electron chi connectivity index (χ1n) is 8.93. The molecule has 1 amide bonds. The Labute approximate surface area is 161 Å². The van der Waals surface area contributed by atoms with Gasteiger partial charge in [-0.2, -0.15) is 4.98 Å². The van der Waals surface area contributed by atoms with E-state index < -0.39 is 11.9 Å². The Balaban J connectivity index is 1.47. The zero-order valence-electron chi connectivity index (χ0n) is 15.4. The summed E-state index contributed by atoms with van der Waals surface area (Å²) >= 11 is 0. The second kappa shape index (κ2) is 8.98. The van der Waals surface area contributed by atoms with Crippen molar-refractivity contribution in [3.05, 3.63) is 59.7 Å². The maximum Gasteiger partial charge on any atom is 0.308 e. The summed E-state index contributed by atoms with van der Waals surface area (Å²) in [6, 6.07) is 11.1. The predicted molar refractivity (Wildman–Crippen MR) is 99.3 cm³/mol. The van der Waals surface area contributed by atoms with E-state index in [1.807, 2.05) is 31.2 Å². The van der Waals surface area contributed by atoms with Crippen molar-refractivity contribution < 1.29 is 23.6 Å². The summed E-state index contributed by atoms with van der Waals surface area (Å²) in [5, 5.41) is 15.9. The Kier molecular flexibility index (Phi) is 6.21. The highest BCUT2D eigenvalue weighted by molar-refractivity contribution is 5.77. The van der Waals surface area contributed by atoms with Gasteiger partial charge in [-0.1, -0.05) is 35.0 Å². The molecule has 8 heteroatoms. The standard InChI is InChI=1S/C20H21N3O5/c1-13-4-2-5-14(10-13)11-15(20(25)26)12-21-17(24)7-8-18-22-19(23-28-18)16-6-3-9-27-16/h2-6,9-10,15H,7-8,11-12H2,1H3,(H,21,24)(H,25,26). The summed E-state index contributed by atoms with van der Waals surface area (Å²) in [7, 11) is 0. The quantitative estimate of drug-likeness (QED) is 0.583. The van der Waals surface area contributed by atoms with E-state index in [2.05, 4.69) is 15.5 Å². The van der Waals surface area contributed by atoms with Crippen molar-refractivity contribution in [3.8, 4) is 11.6 Å². The number of hydrogen-bond donors (Lipinski definition) is 2. The first-order chi connectivity index (χ1) is 13.5. The second-order valence-electron chi connectivity index (χ2n) is 6.52. The fourth-order valence-corrected chi connectivity index (χ4v) is 2.78. The lowest BCUT2D eigenvalue weighted by Gasteiger charge is -2.13. The number of carboxylic acids is 1. The number of furan rings is 1. The van der Waals surface area contributed by atoms with Gasteiger partial charge < -0.3 is 19.4 Å². The lowest BCUT2D eigenvalue weighted by molar-refractivity contribution is -0.141. The number of rotatable bonds is 9. The van der Waals surface area contributed by atoms with E-state index in [9.17, 15) is 14.7 Å². The molecule has 0 saturated heterocycles. The molecular weight excluding hydrogens is 362 g/mol. The SMILES string of the molecule is Cc1cccc(CC(CNC(=O)CCc2nc(-c3ccco3)no2)C(=O)O)c1. The highest BCUT2D eigenvalue weighted by Crippen LogP contribution is 2.16. The van der Waals surface area contributed by atoms with Crippen molar-refractivity contribution in [3.63, 3.8) is 0 Å². The van der Waals surface area contributed by atoms with Crippen LogP contribution in [0.25, 0.3) is 11.6 Å². The molecule has 0 fully saturated rings. The van der Waals surface area contributed by atoms with Crippen molar-refractivity contribution in [2.24, 2.45) is 5.92 Å². The van der Waals surface area contributed by atoms with Crippen LogP contribution in [0.5, 0.6) is 0 Å². The molecule has 2 heterocycles. The van der Waals surface area contributed by atoms with Gasteiger partial charge >= 0.3 is 5.97 Å². The average molecular weight is 383 g/mol. The molecule has 0 bridgehead atoms. The molecule has 146 valence electrons. The lowest BCUT2D eigenvalue weighted by Crippen LogP contribution is -2.34. The Hall–Kier alpha value is -3.42. The number of carboxylic acid groups (broad SMARTS) is 1. The molecule has 1 unspecified atom stereocenters. The molecule has 8 nitrogen and oxygen atoms in total. The van der Waals surface area contributed by atoms with Gasteiger partial charge in [0, 0.05) is 19.4 Å². The Bertz CT molecular complexity index is 933. The first kappa shape index (κ1) is 19.3. The second-order valence-corrected chi connectivity index (χ2v) is 6.52. The molecule has 0 spiro atoms. The lowest BCUT2D eigenvalue weighted by atomic mass is 9.98. The minimum absolute atomic E-state index is 0.0591. The van der Waals surface area contributed by atoms with Crippen LogP contribution in [0.2, 0.25) is 0 Å². The summed E-state index contributed by atoms with van der Waals surface area (Å²) < 4.78 is 10.3. The van der Waals surface area contributed by atoms with E-state index in [1.54, 1.807) is 12.1 Å². The Morgan fingerprint density at radius 3 is 2.82 bits per heavy atom. The third-order valence-electron chi connectivity index (χ3n) is 4.24. The van der Waals surface area contributed by atoms with Gasteiger partial charge in [0.25, 0.3) is 0 Å². The monoisotopic (exact) mass is 383 g/mol. The molecule has 3 rings (SSSR count). The minimum Gasteiger partial charge on any atom is -0.481 e. The van der Waals surface area contributed by atoms with E-state index in [0.717, 1.165) is 11.1 Å². The summed E-state index contributed by atoms with van der Waals surface area (Å²) in [6.45, 7) is 2.01. The van der Waals surface area contributed by atoms with Gasteiger partial charge in [-0.05, 0) is 31.0 Å². The largest absolute Gasteiger partial charge is 0.481 e. The maximum absolute atomic E-state index is 12.1. The molecule has 2 N–H and O–H groups in total. The van der Waals surface area contributed by atoms with Gasteiger partial charge in [-0.15, -0.1) is 0 Å². The Morgan fingerprint density at radius 1 is 1.25 bits per heavy atom. The molecule has 0 aliphatic carbocycles. The zero-order valence-corrected chi connectivity index (χ0v) is 15.4. The molecule has 1 aromatic carbocycles. The molecule has 0 saturated carbocycles. The topological polar surface area (TPSA) is 118 Å². The van der Waals surface area contributed by atoms with Gasteiger partial charge in [-0.3, -0.25) is 9.59 Å². The van der Waals surface area contributed by atoms with Crippen LogP contribution < -0.4 is 5.32 Å². The Morgan fingerprint density at radius 2 is 2.11 bits per heavy atom. The number of benzene rings is 1. The van der Waals surface area contributed by atoms with Gasteiger partial charge in [0.2, 0.25) is 17.6 Å². The number of nitrogens with one attached hydrogen (secondary N) is 1. The van der Waals surface area contributed by atoms with Gasteiger partial charge in [0.05, 0.1) is 12.2 Å². The molecule has 28 heavy (non-hydrogen) atoms. The van der Waals surface area contributed by atoms with Crippen LogP contribution >= 0.6 is 0 Å². The van der Waals surface area contributed by atoms with Crippen LogP contribution in [0.15, 0.2) is 51.6 Å². The molecule has 1 atom stereocenters. The highest BCUT2D eigenvalue weighted by Gasteiger charge is 2.19. The van der Waals surface area contributed by atoms with Crippen molar-refractivity contribution in [1.82, 2.24) is 15.5 Å². The van der Waals surface area contributed by atoms with Gasteiger partial charge in [-0.25, -0.2) is 0 Å². The average Bonchev–Trinajstić information content (AvgIpc) is 3.34. The predicted octanol–water partition coefficient (Wildman–Crippen LogP) is 2.63. The molecule has 0 aliphatic rings. The van der Waals surface area contributed by atoms with Crippen LogP contribution in [-0.2, 0) is 22.4 Å². The van der Waals surface area contributed by atoms with Crippen LogP contribution in [0, 0.1) is 12.8 Å². The number of aryl methyl sites for hydroxylation is 2. The minimum atomic E-state index is -0.943. The maximum atomic E-state index is 12.1. The molecule has 2 aromatic heterocycles. The third-order valence-corrected chi connectivity index (χ3v) is 4.24. The molecule has 3 aromatic rings. The summed E-state index contributed by atoms with van der Waals surface area (Å²) in [6.07, 6.45) is 2.24. The van der Waals surface area contributed by atoms with Crippen molar-refractivity contribution >= 4 is 11.9 Å². The highest BCUT2D eigenvalue weighted by atomic mass is 16.5. The zero-order chi connectivity index (χ0) is 19.9. The van der Waals surface area contributed by atoms with E-state index in [1.165, 1.54) is 6.26 Å². The van der Waals surface area contributed by atoms with E-state index in [4.69, 9.17) is 8.94 Å². The van der Waals surface area contributed by atoms with Crippen LogP contribution in [0.4, 0.5) is 0 Å². The molecule has 0 radical (unpaired) electrons. The molecule has 0 aliphatic heterocycles. The summed E-state index contributed by atoms with van der Waals surface area (Å²) in [4.78, 5) is 27.7. The number of amides is 1. The summed E-state index contributed by atoms with van der Waals surface area (Å²) in [5.74, 6) is -0.782. The van der Waals surface area contributed by atoms with Crippen LogP contribution in [-0.4, -0.2) is 33.7 Å². The van der Waals surface area contributed by atoms with Crippen LogP contribution in [0.1, 0.15) is 23.4 Å². The van der Waals surface area contributed by atoms with E-state index >= 15 is 0 Å². The fourth-order valence-electron chi connectivity index (χ4n) is 2.78. The third kappa shape index (κ3) is 5.29. The van der Waals surface area contributed by atoms with Gasteiger partial charge in [0.1, 0.15) is 0 Å². The summed E-state index contributed by atoms with van der Waals surface area (Å²) in [5.41, 5.74) is 2.00. The van der Waals surface area contributed by atoms with E-state index in [-0.39, 0.29) is 25.3 Å². The fraction of sp³-hybridized carbons (Fsp3) is 0.300. The van der Waals surface area contributed by atoms with Crippen molar-refractivity contribution in [2.75, 3.05) is 6.54 Å². The normalized spacial score (nSPS) is 11.9. The number of carbonyl (C=O) groups excluding carboxylic acids is 1. The number of hydrogen-bond acceptors (Lipinski definition) is 6. The number of nitrogens with zero attached hydrogens (tertiary/aromatic N) is 2. The van der Waals surface area contributed by atoms with E-state index in [0.29, 0.717) is 23.9 Å². The first-order valence-corrected chi connectivity index (χ1v) is 8.93. The smallest absolute Gasteiger partial charge is 0.308 e. The number of carbonyl (C=O) groups is 2.